The molecule has 0 aromatic rings. The molecule has 2 aliphatic rings. The number of nitrogens with zero attached hydrogens (tertiary/aromatic N) is 2. The normalized spacial score (nSPS) is 30.7. The number of carbonyl (C=O) groups is 1. The van der Waals surface area contributed by atoms with E-state index in [2.05, 4.69) is 10.0 Å². The molecule has 2 heterocycles. The van der Waals surface area contributed by atoms with E-state index in [1.165, 1.54) is 19.3 Å². The van der Waals surface area contributed by atoms with Crippen LogP contribution in [-0.4, -0.2) is 47.3 Å². The van der Waals surface area contributed by atoms with Crippen LogP contribution in [-0.2, 0) is 4.79 Å². The zero-order chi connectivity index (χ0) is 9.97. The Morgan fingerprint density at radius 1 is 1.07 bits per heavy atom. The van der Waals surface area contributed by atoms with Crippen LogP contribution < -0.4 is 0 Å². The molecule has 2 aliphatic heterocycles. The summed E-state index contributed by atoms with van der Waals surface area (Å²) >= 11 is 0. The standard InChI is InChI=1S/C10H18N2O2/c13-10(14)9-4-7-11-5-2-1-3-6-12(11)8-9/h9H,1-8H2,(H,13,14). The van der Waals surface area contributed by atoms with Crippen molar-refractivity contribution >= 4 is 5.97 Å². The topological polar surface area (TPSA) is 43.8 Å². The lowest BCUT2D eigenvalue weighted by Gasteiger charge is -2.39. The Labute approximate surface area is 84.5 Å². The summed E-state index contributed by atoms with van der Waals surface area (Å²) in [5, 5.41) is 13.5. The van der Waals surface area contributed by atoms with Gasteiger partial charge in [0.15, 0.2) is 0 Å². The van der Waals surface area contributed by atoms with Gasteiger partial charge in [-0.15, -0.1) is 0 Å². The first-order chi connectivity index (χ1) is 6.77. The number of hydrogen-bond acceptors (Lipinski definition) is 3. The van der Waals surface area contributed by atoms with Crippen molar-refractivity contribution in [2.75, 3.05) is 26.2 Å². The minimum absolute atomic E-state index is 0.149. The molecule has 2 rings (SSSR count). The molecule has 4 heteroatoms. The molecule has 0 radical (unpaired) electrons. The van der Waals surface area contributed by atoms with Crippen molar-refractivity contribution in [3.05, 3.63) is 0 Å². The number of fused-ring (bicyclic) bond motifs is 1. The first-order valence-corrected chi connectivity index (χ1v) is 5.50. The predicted octanol–water partition coefficient (Wildman–Crippen LogP) is 0.794. The van der Waals surface area contributed by atoms with Crippen LogP contribution in [0.25, 0.3) is 0 Å². The number of carboxylic acids is 1. The molecule has 1 atom stereocenters. The van der Waals surface area contributed by atoms with Crippen molar-refractivity contribution in [3.8, 4) is 0 Å². The third-order valence-corrected chi connectivity index (χ3v) is 3.25. The van der Waals surface area contributed by atoms with Gasteiger partial charge in [0.1, 0.15) is 0 Å². The highest BCUT2D eigenvalue weighted by Gasteiger charge is 2.30. The van der Waals surface area contributed by atoms with Gasteiger partial charge in [-0.3, -0.25) is 4.79 Å². The van der Waals surface area contributed by atoms with Gasteiger partial charge >= 0.3 is 5.97 Å². The van der Waals surface area contributed by atoms with Crippen molar-refractivity contribution in [2.24, 2.45) is 5.92 Å². The van der Waals surface area contributed by atoms with E-state index in [1.807, 2.05) is 0 Å². The van der Waals surface area contributed by atoms with Crippen LogP contribution in [0.15, 0.2) is 0 Å². The van der Waals surface area contributed by atoms with Gasteiger partial charge in [0.2, 0.25) is 0 Å². The number of carboxylic acid groups (broad SMARTS) is 1. The number of rotatable bonds is 1. The van der Waals surface area contributed by atoms with Gasteiger partial charge in [0.05, 0.1) is 5.92 Å². The third-order valence-electron chi connectivity index (χ3n) is 3.25. The maximum Gasteiger partial charge on any atom is 0.307 e. The molecule has 14 heavy (non-hydrogen) atoms. The van der Waals surface area contributed by atoms with Crippen molar-refractivity contribution in [1.29, 1.82) is 0 Å². The van der Waals surface area contributed by atoms with Crippen LogP contribution in [0, 0.1) is 5.92 Å². The van der Waals surface area contributed by atoms with E-state index in [1.54, 1.807) is 0 Å². The van der Waals surface area contributed by atoms with E-state index in [0.29, 0.717) is 0 Å². The van der Waals surface area contributed by atoms with E-state index in [4.69, 9.17) is 5.11 Å². The predicted molar refractivity (Wildman–Crippen MR) is 52.7 cm³/mol. The molecule has 1 N–H and O–H groups in total. The summed E-state index contributed by atoms with van der Waals surface area (Å²) in [5.41, 5.74) is 0. The molecule has 0 bridgehead atoms. The molecule has 1 unspecified atom stereocenters. The SMILES string of the molecule is O=C(O)C1CCN2CCCCCN2C1. The minimum Gasteiger partial charge on any atom is -0.481 e. The second kappa shape index (κ2) is 4.28. The Balaban J connectivity index is 1.96. The Kier molecular flexibility index (Phi) is 3.03. The average Bonchev–Trinajstić information content (AvgIpc) is 2.41. The summed E-state index contributed by atoms with van der Waals surface area (Å²) in [4.78, 5) is 10.9. The van der Waals surface area contributed by atoms with Crippen molar-refractivity contribution < 1.29 is 9.90 Å². The van der Waals surface area contributed by atoms with Crippen LogP contribution in [0.4, 0.5) is 0 Å². The highest BCUT2D eigenvalue weighted by molar-refractivity contribution is 5.70. The second-order valence-electron chi connectivity index (χ2n) is 4.25. The average molecular weight is 198 g/mol. The minimum atomic E-state index is -0.631. The van der Waals surface area contributed by atoms with Gasteiger partial charge < -0.3 is 5.11 Å². The Morgan fingerprint density at radius 3 is 2.50 bits per heavy atom. The van der Waals surface area contributed by atoms with Crippen molar-refractivity contribution in [3.63, 3.8) is 0 Å². The van der Waals surface area contributed by atoms with Crippen molar-refractivity contribution in [2.45, 2.75) is 25.7 Å². The number of hydrogen-bond donors (Lipinski definition) is 1. The number of hydrazine groups is 1. The maximum atomic E-state index is 10.9. The lowest BCUT2D eigenvalue weighted by atomic mass is 10.0. The van der Waals surface area contributed by atoms with E-state index in [-0.39, 0.29) is 5.92 Å². The summed E-state index contributed by atoms with van der Waals surface area (Å²) < 4.78 is 0. The lowest BCUT2D eigenvalue weighted by molar-refractivity contribution is -0.149. The van der Waals surface area contributed by atoms with Crippen LogP contribution in [0.5, 0.6) is 0 Å². The highest BCUT2D eigenvalue weighted by Crippen LogP contribution is 2.20. The van der Waals surface area contributed by atoms with Crippen LogP contribution in [0.2, 0.25) is 0 Å². The fourth-order valence-corrected chi connectivity index (χ4v) is 2.36. The summed E-state index contributed by atoms with van der Waals surface area (Å²) in [6.45, 7) is 3.81. The molecule has 0 saturated carbocycles. The zero-order valence-electron chi connectivity index (χ0n) is 8.48. The summed E-state index contributed by atoms with van der Waals surface area (Å²) in [5.74, 6) is -0.779. The summed E-state index contributed by atoms with van der Waals surface area (Å²) in [6, 6.07) is 0. The van der Waals surface area contributed by atoms with Crippen LogP contribution in [0.3, 0.4) is 0 Å². The van der Waals surface area contributed by atoms with E-state index >= 15 is 0 Å². The maximum absolute atomic E-state index is 10.9. The number of aliphatic carboxylic acids is 1. The monoisotopic (exact) mass is 198 g/mol. The van der Waals surface area contributed by atoms with Gasteiger partial charge in [-0.1, -0.05) is 6.42 Å². The molecule has 2 saturated heterocycles. The van der Waals surface area contributed by atoms with E-state index in [0.717, 1.165) is 32.6 Å². The molecule has 0 spiro atoms. The second-order valence-corrected chi connectivity index (χ2v) is 4.25. The third kappa shape index (κ3) is 2.07. The summed E-state index contributed by atoms with van der Waals surface area (Å²) in [6.07, 6.45) is 4.56. The van der Waals surface area contributed by atoms with E-state index < -0.39 is 5.97 Å². The van der Waals surface area contributed by atoms with Gasteiger partial charge in [-0.2, -0.15) is 0 Å². The molecule has 2 fully saturated rings. The van der Waals surface area contributed by atoms with Gasteiger partial charge in [0, 0.05) is 26.2 Å². The smallest absolute Gasteiger partial charge is 0.307 e. The van der Waals surface area contributed by atoms with Crippen LogP contribution >= 0.6 is 0 Å². The highest BCUT2D eigenvalue weighted by atomic mass is 16.4. The zero-order valence-corrected chi connectivity index (χ0v) is 8.48. The Morgan fingerprint density at radius 2 is 1.79 bits per heavy atom. The lowest BCUT2D eigenvalue weighted by Crippen LogP contribution is -2.51. The van der Waals surface area contributed by atoms with Gasteiger partial charge in [-0.05, 0) is 19.3 Å². The quantitative estimate of drug-likeness (QED) is 0.676. The van der Waals surface area contributed by atoms with Crippen molar-refractivity contribution in [1.82, 2.24) is 10.0 Å². The van der Waals surface area contributed by atoms with Gasteiger partial charge in [0.25, 0.3) is 0 Å². The molecule has 0 amide bonds. The summed E-state index contributed by atoms with van der Waals surface area (Å²) in [7, 11) is 0. The molecule has 80 valence electrons. The van der Waals surface area contributed by atoms with E-state index in [9.17, 15) is 4.79 Å². The molecule has 4 nitrogen and oxygen atoms in total. The first-order valence-electron chi connectivity index (χ1n) is 5.50. The van der Waals surface area contributed by atoms with Crippen LogP contribution in [0.1, 0.15) is 25.7 Å². The molecule has 0 aromatic carbocycles. The molecular weight excluding hydrogens is 180 g/mol. The van der Waals surface area contributed by atoms with Gasteiger partial charge in [-0.25, -0.2) is 10.0 Å². The fraction of sp³-hybridized carbons (Fsp3) is 0.900. The molecule has 0 aromatic heterocycles. The fourth-order valence-electron chi connectivity index (χ4n) is 2.36. The Bertz CT molecular complexity index is 220. The Hall–Kier alpha value is -0.610. The largest absolute Gasteiger partial charge is 0.481 e. The first kappa shape index (κ1) is 9.93. The molecule has 0 aliphatic carbocycles. The molecular formula is C10H18N2O2.